The third kappa shape index (κ3) is 3.03. The molecule has 0 spiro atoms. The summed E-state index contributed by atoms with van der Waals surface area (Å²) in [5.41, 5.74) is 2.07. The van der Waals surface area contributed by atoms with E-state index in [1.165, 1.54) is 11.8 Å². The first-order chi connectivity index (χ1) is 10.1. The van der Waals surface area contributed by atoms with Crippen LogP contribution in [0.5, 0.6) is 0 Å². The van der Waals surface area contributed by atoms with Crippen molar-refractivity contribution in [2.75, 3.05) is 5.75 Å². The number of aliphatic carboxylic acids is 1. The van der Waals surface area contributed by atoms with Crippen molar-refractivity contribution in [2.24, 2.45) is 0 Å². The maximum Gasteiger partial charge on any atom is 0.313 e. The molecule has 0 atom stereocenters. The zero-order chi connectivity index (χ0) is 15.4. The second-order valence-electron chi connectivity index (χ2n) is 4.70. The highest BCUT2D eigenvalue weighted by atomic mass is 32.2. The number of para-hydroxylation sites is 1. The molecule has 1 aromatic carbocycles. The summed E-state index contributed by atoms with van der Waals surface area (Å²) in [6.07, 6.45) is 1.86. The molecule has 0 fully saturated rings. The Balaban J connectivity index is 2.62. The van der Waals surface area contributed by atoms with E-state index in [9.17, 15) is 10.1 Å². The lowest BCUT2D eigenvalue weighted by Gasteiger charge is -2.18. The topological polar surface area (TPSA) is 78.9 Å². The van der Waals surface area contributed by atoms with E-state index < -0.39 is 5.97 Å². The molecule has 0 bridgehead atoms. The molecule has 0 saturated heterocycles. The average Bonchev–Trinajstić information content (AvgIpc) is 2.85. The number of nitrogens with zero attached hydrogens (tertiary/aromatic N) is 3. The fourth-order valence-corrected chi connectivity index (χ4v) is 3.22. The molecule has 1 aromatic heterocycles. The zero-order valence-corrected chi connectivity index (χ0v) is 12.9. The largest absolute Gasteiger partial charge is 0.481 e. The number of fused-ring (bicyclic) bond motifs is 1. The van der Waals surface area contributed by atoms with Crippen LogP contribution in [0.2, 0.25) is 0 Å². The van der Waals surface area contributed by atoms with Crippen molar-refractivity contribution in [2.45, 2.75) is 37.9 Å². The molecule has 5 nitrogen and oxygen atoms in total. The van der Waals surface area contributed by atoms with Crippen molar-refractivity contribution < 1.29 is 9.90 Å². The molecular formula is C15H17N3O2S. The van der Waals surface area contributed by atoms with Crippen LogP contribution in [0.4, 0.5) is 0 Å². The normalized spacial score (nSPS) is 11.0. The highest BCUT2D eigenvalue weighted by Gasteiger charge is 2.19. The third-order valence-electron chi connectivity index (χ3n) is 3.44. The van der Waals surface area contributed by atoms with Crippen LogP contribution in [0.25, 0.3) is 11.0 Å². The van der Waals surface area contributed by atoms with Crippen LogP contribution in [-0.2, 0) is 4.79 Å². The number of rotatable bonds is 6. The summed E-state index contributed by atoms with van der Waals surface area (Å²) < 4.78 is 2.07. The first kappa shape index (κ1) is 15.4. The number of imidazole rings is 1. The molecule has 0 aliphatic heterocycles. The highest BCUT2D eigenvalue weighted by Crippen LogP contribution is 2.31. The quantitative estimate of drug-likeness (QED) is 0.827. The Labute approximate surface area is 127 Å². The van der Waals surface area contributed by atoms with Crippen LogP contribution < -0.4 is 0 Å². The molecule has 0 saturated carbocycles. The number of benzene rings is 1. The lowest BCUT2D eigenvalue weighted by Crippen LogP contribution is -2.09. The fraction of sp³-hybridized carbons (Fsp3) is 0.400. The van der Waals surface area contributed by atoms with Gasteiger partial charge in [-0.25, -0.2) is 4.98 Å². The van der Waals surface area contributed by atoms with Crippen molar-refractivity contribution in [1.29, 1.82) is 5.26 Å². The third-order valence-corrected chi connectivity index (χ3v) is 4.38. The first-order valence-electron chi connectivity index (χ1n) is 6.88. The average molecular weight is 303 g/mol. The number of carboxylic acid groups (broad SMARTS) is 1. The van der Waals surface area contributed by atoms with Gasteiger partial charge in [-0.05, 0) is 25.0 Å². The highest BCUT2D eigenvalue weighted by molar-refractivity contribution is 7.99. The van der Waals surface area contributed by atoms with Gasteiger partial charge in [0.2, 0.25) is 0 Å². The van der Waals surface area contributed by atoms with Gasteiger partial charge in [0.1, 0.15) is 11.6 Å². The van der Waals surface area contributed by atoms with E-state index in [4.69, 9.17) is 5.11 Å². The predicted molar refractivity (Wildman–Crippen MR) is 82.4 cm³/mol. The van der Waals surface area contributed by atoms with E-state index in [2.05, 4.69) is 29.5 Å². The van der Waals surface area contributed by atoms with Gasteiger partial charge >= 0.3 is 5.97 Å². The standard InChI is InChI=1S/C15H17N3O2S/c1-3-11(4-2)18-12-7-5-6-10(8-16)14(12)17-15(18)21-9-13(19)20/h5-7,11H,3-4,9H2,1-2H3,(H,19,20). The van der Waals surface area contributed by atoms with Crippen molar-refractivity contribution in [3.8, 4) is 6.07 Å². The molecule has 0 aliphatic rings. The molecule has 21 heavy (non-hydrogen) atoms. The van der Waals surface area contributed by atoms with E-state index in [0.717, 1.165) is 18.4 Å². The molecule has 0 aliphatic carbocycles. The Kier molecular flexibility index (Phi) is 4.86. The van der Waals surface area contributed by atoms with Gasteiger partial charge in [-0.3, -0.25) is 4.79 Å². The van der Waals surface area contributed by atoms with Crippen molar-refractivity contribution in [3.05, 3.63) is 23.8 Å². The molecule has 0 radical (unpaired) electrons. The monoisotopic (exact) mass is 303 g/mol. The van der Waals surface area contributed by atoms with E-state index in [1.807, 2.05) is 12.1 Å². The lowest BCUT2D eigenvalue weighted by molar-refractivity contribution is -0.133. The second-order valence-corrected chi connectivity index (χ2v) is 5.64. The molecule has 0 amide bonds. The van der Waals surface area contributed by atoms with Gasteiger partial charge in [-0.2, -0.15) is 5.26 Å². The molecular weight excluding hydrogens is 286 g/mol. The number of thioether (sulfide) groups is 1. The summed E-state index contributed by atoms with van der Waals surface area (Å²) >= 11 is 1.20. The maximum absolute atomic E-state index is 10.8. The SMILES string of the molecule is CCC(CC)n1c(SCC(=O)O)nc2c(C#N)cccc21. The number of hydrogen-bond donors (Lipinski definition) is 1. The predicted octanol–water partition coefficient (Wildman–Crippen LogP) is 3.45. The van der Waals surface area contributed by atoms with Crippen LogP contribution in [0.3, 0.4) is 0 Å². The first-order valence-corrected chi connectivity index (χ1v) is 7.86. The Bertz CT molecular complexity index is 699. The summed E-state index contributed by atoms with van der Waals surface area (Å²) in [5, 5.41) is 18.8. The smallest absolute Gasteiger partial charge is 0.313 e. The van der Waals surface area contributed by atoms with E-state index in [1.54, 1.807) is 6.07 Å². The van der Waals surface area contributed by atoms with Crippen molar-refractivity contribution >= 4 is 28.8 Å². The second kappa shape index (κ2) is 6.64. The van der Waals surface area contributed by atoms with Crippen LogP contribution in [0, 0.1) is 11.3 Å². The Morgan fingerprint density at radius 2 is 2.19 bits per heavy atom. The minimum absolute atomic E-state index is 0.0364. The molecule has 6 heteroatoms. The van der Waals surface area contributed by atoms with Gasteiger partial charge in [0.25, 0.3) is 0 Å². The summed E-state index contributed by atoms with van der Waals surface area (Å²) in [6.45, 7) is 4.19. The van der Waals surface area contributed by atoms with E-state index in [-0.39, 0.29) is 11.8 Å². The van der Waals surface area contributed by atoms with E-state index >= 15 is 0 Å². The molecule has 2 aromatic rings. The van der Waals surface area contributed by atoms with Crippen molar-refractivity contribution in [3.63, 3.8) is 0 Å². The van der Waals surface area contributed by atoms with Gasteiger partial charge in [-0.15, -0.1) is 0 Å². The van der Waals surface area contributed by atoms with Gasteiger partial charge < -0.3 is 9.67 Å². The van der Waals surface area contributed by atoms with Crippen LogP contribution >= 0.6 is 11.8 Å². The van der Waals surface area contributed by atoms with Gasteiger partial charge in [0, 0.05) is 6.04 Å². The summed E-state index contributed by atoms with van der Waals surface area (Å²) in [6, 6.07) is 7.91. The molecule has 0 unspecified atom stereocenters. The molecule has 110 valence electrons. The molecule has 1 heterocycles. The number of carbonyl (C=O) groups is 1. The maximum atomic E-state index is 10.8. The summed E-state index contributed by atoms with van der Waals surface area (Å²) in [7, 11) is 0. The van der Waals surface area contributed by atoms with Crippen LogP contribution in [-0.4, -0.2) is 26.4 Å². The minimum atomic E-state index is -0.872. The number of carboxylic acids is 1. The molecule has 1 N–H and O–H groups in total. The van der Waals surface area contributed by atoms with Crippen LogP contribution in [0.1, 0.15) is 38.3 Å². The van der Waals surface area contributed by atoms with Gasteiger partial charge in [0.05, 0.1) is 16.8 Å². The van der Waals surface area contributed by atoms with Gasteiger partial charge in [0.15, 0.2) is 5.16 Å². The Hall–Kier alpha value is -2.00. The fourth-order valence-electron chi connectivity index (χ4n) is 2.42. The lowest BCUT2D eigenvalue weighted by atomic mass is 10.1. The Morgan fingerprint density at radius 3 is 2.76 bits per heavy atom. The Morgan fingerprint density at radius 1 is 1.48 bits per heavy atom. The van der Waals surface area contributed by atoms with Crippen LogP contribution in [0.15, 0.2) is 23.4 Å². The van der Waals surface area contributed by atoms with Gasteiger partial charge in [-0.1, -0.05) is 31.7 Å². The number of nitriles is 1. The molecule has 2 rings (SSSR count). The summed E-state index contributed by atoms with van der Waals surface area (Å²) in [4.78, 5) is 15.3. The summed E-state index contributed by atoms with van der Waals surface area (Å²) in [5.74, 6) is -0.908. The number of hydrogen-bond acceptors (Lipinski definition) is 4. The zero-order valence-electron chi connectivity index (χ0n) is 12.0. The minimum Gasteiger partial charge on any atom is -0.481 e. The van der Waals surface area contributed by atoms with E-state index in [0.29, 0.717) is 16.2 Å². The number of aromatic nitrogens is 2. The van der Waals surface area contributed by atoms with Crippen molar-refractivity contribution in [1.82, 2.24) is 9.55 Å².